The van der Waals surface area contributed by atoms with Crippen LogP contribution in [-0.4, -0.2) is 42.7 Å². The van der Waals surface area contributed by atoms with Crippen molar-refractivity contribution in [1.29, 1.82) is 0 Å². The second kappa shape index (κ2) is 19.7. The summed E-state index contributed by atoms with van der Waals surface area (Å²) in [5.41, 5.74) is 2.91. The highest BCUT2D eigenvalue weighted by atomic mass is 28.5. The molecule has 1 unspecified atom stereocenters. The van der Waals surface area contributed by atoms with Crippen LogP contribution in [0, 0.1) is 16.0 Å². The lowest BCUT2D eigenvalue weighted by atomic mass is 9.93. The van der Waals surface area contributed by atoms with Crippen LogP contribution in [0.15, 0.2) is 66.7 Å². The zero-order valence-electron chi connectivity index (χ0n) is 32.5. The molecule has 3 rings (SSSR count). The first-order valence-electron chi connectivity index (χ1n) is 18.7. The number of nitro benzene ring substituents is 1. The maximum absolute atomic E-state index is 12.8. The van der Waals surface area contributed by atoms with Gasteiger partial charge in [-0.3, -0.25) is 10.1 Å². The highest BCUT2D eigenvalue weighted by Crippen LogP contribution is 2.31. The fourth-order valence-electron chi connectivity index (χ4n) is 6.55. The molecule has 0 saturated heterocycles. The van der Waals surface area contributed by atoms with Crippen LogP contribution in [0.1, 0.15) is 81.1 Å². The molecule has 3 aromatic carbocycles. The summed E-state index contributed by atoms with van der Waals surface area (Å²) in [5, 5.41) is 11.9. The number of nitro groups is 1. The number of esters is 1. The molecular weight excluding hydrogens is 691 g/mol. The molecule has 51 heavy (non-hydrogen) atoms. The van der Waals surface area contributed by atoms with E-state index in [-0.39, 0.29) is 10.6 Å². The lowest BCUT2D eigenvalue weighted by Gasteiger charge is -2.37. The topological polar surface area (TPSA) is 97.1 Å². The number of rotatable bonds is 22. The van der Waals surface area contributed by atoms with Crippen LogP contribution in [0.2, 0.25) is 51.9 Å². The molecule has 3 aromatic rings. The van der Waals surface area contributed by atoms with Gasteiger partial charge < -0.3 is 17.7 Å². The fraction of sp³-hybridized carbons (Fsp3) is 0.525. The average molecular weight is 752 g/mol. The highest BCUT2D eigenvalue weighted by molar-refractivity contribution is 6.87. The molecule has 0 spiro atoms. The van der Waals surface area contributed by atoms with Crippen molar-refractivity contribution in [2.75, 3.05) is 6.61 Å². The van der Waals surface area contributed by atoms with Crippen molar-refractivity contribution in [2.45, 2.75) is 124 Å². The molecule has 0 fully saturated rings. The minimum atomic E-state index is -2.09. The van der Waals surface area contributed by atoms with Crippen LogP contribution in [0.25, 0.3) is 11.1 Å². The fourth-order valence-corrected chi connectivity index (χ4v) is 19.8. The summed E-state index contributed by atoms with van der Waals surface area (Å²) in [5.74, 6) is 1.05. The molecule has 280 valence electrons. The van der Waals surface area contributed by atoms with Gasteiger partial charge in [0.1, 0.15) is 11.5 Å². The van der Waals surface area contributed by atoms with Crippen LogP contribution >= 0.6 is 0 Å². The Balaban J connectivity index is 1.42. The zero-order chi connectivity index (χ0) is 37.7. The van der Waals surface area contributed by atoms with Crippen LogP contribution < -0.4 is 9.47 Å². The molecule has 0 N–H and O–H groups in total. The van der Waals surface area contributed by atoms with Gasteiger partial charge in [-0.15, -0.1) is 0 Å². The summed E-state index contributed by atoms with van der Waals surface area (Å²) in [7, 11) is -5.47. The minimum Gasteiger partial charge on any atom is -0.494 e. The van der Waals surface area contributed by atoms with Crippen molar-refractivity contribution in [3.8, 4) is 22.6 Å². The number of hydrogen-bond donors (Lipinski definition) is 0. The molecule has 11 heteroatoms. The maximum atomic E-state index is 12.8. The average Bonchev–Trinajstić information content (AvgIpc) is 3.03. The number of nitrogens with zero attached hydrogens (tertiary/aromatic N) is 1. The van der Waals surface area contributed by atoms with E-state index in [2.05, 4.69) is 59.7 Å². The second-order valence-electron chi connectivity index (χ2n) is 15.8. The van der Waals surface area contributed by atoms with Crippen molar-refractivity contribution >= 4 is 36.9 Å². The van der Waals surface area contributed by atoms with Crippen molar-refractivity contribution in [1.82, 2.24) is 0 Å². The monoisotopic (exact) mass is 751 g/mol. The molecule has 0 aliphatic heterocycles. The molecule has 0 saturated carbocycles. The number of ether oxygens (including phenoxy) is 2. The lowest BCUT2D eigenvalue weighted by Crippen LogP contribution is -2.51. The minimum absolute atomic E-state index is 0.147. The van der Waals surface area contributed by atoms with Crippen LogP contribution in [-0.2, 0) is 14.7 Å². The van der Waals surface area contributed by atoms with Crippen molar-refractivity contribution < 1.29 is 27.4 Å². The molecule has 0 aliphatic rings. The van der Waals surface area contributed by atoms with Gasteiger partial charge in [0, 0.05) is 11.6 Å². The van der Waals surface area contributed by atoms with Gasteiger partial charge in [-0.25, -0.2) is 4.79 Å². The van der Waals surface area contributed by atoms with Gasteiger partial charge in [-0.05, 0) is 118 Å². The third kappa shape index (κ3) is 15.6. The Morgan fingerprint density at radius 3 is 2.02 bits per heavy atom. The first-order chi connectivity index (χ1) is 24.0. The van der Waals surface area contributed by atoms with Crippen molar-refractivity contribution in [3.05, 3.63) is 88.0 Å². The Bertz CT molecular complexity index is 1540. The van der Waals surface area contributed by atoms with E-state index in [0.29, 0.717) is 30.3 Å². The summed E-state index contributed by atoms with van der Waals surface area (Å²) in [6.07, 6.45) is 9.63. The number of hydrogen-bond acceptors (Lipinski definition) is 7. The SMILES string of the molecule is CCCCCC(C)Cc1ccc(-c2ccc(OC(=O)c3ccc(OCCCCCC[Si](C)(C)O[Si](C)(C)O[Si](C)(C)C)cc3)cc2)cc1[N+](=O)[O-]. The van der Waals surface area contributed by atoms with Gasteiger partial charge in [0.25, 0.3) is 5.69 Å². The Morgan fingerprint density at radius 2 is 1.39 bits per heavy atom. The normalized spacial score (nSPS) is 12.8. The van der Waals surface area contributed by atoms with Crippen LogP contribution in [0.5, 0.6) is 11.5 Å². The summed E-state index contributed by atoms with van der Waals surface area (Å²) in [4.78, 5) is 24.4. The first kappa shape index (κ1) is 42.3. The van der Waals surface area contributed by atoms with Crippen LogP contribution in [0.4, 0.5) is 5.69 Å². The second-order valence-corrected chi connectivity index (χ2v) is 28.5. The summed E-state index contributed by atoms with van der Waals surface area (Å²) in [6, 6.07) is 20.6. The number of benzene rings is 3. The van der Waals surface area contributed by atoms with Gasteiger partial charge >= 0.3 is 14.5 Å². The molecule has 0 amide bonds. The van der Waals surface area contributed by atoms with E-state index in [1.54, 1.807) is 42.5 Å². The first-order valence-corrected chi connectivity index (χ1v) is 28.0. The molecule has 0 aliphatic carbocycles. The number of carbonyl (C=O) groups excluding carboxylic acids is 1. The molecule has 0 radical (unpaired) electrons. The molecule has 0 heterocycles. The molecule has 1 atom stereocenters. The van der Waals surface area contributed by atoms with E-state index >= 15 is 0 Å². The predicted molar refractivity (Wildman–Crippen MR) is 216 cm³/mol. The molecular formula is C40H61NO7Si3. The Morgan fingerprint density at radius 1 is 0.765 bits per heavy atom. The van der Waals surface area contributed by atoms with E-state index in [0.717, 1.165) is 73.4 Å². The zero-order valence-corrected chi connectivity index (χ0v) is 35.5. The van der Waals surface area contributed by atoms with E-state index in [4.69, 9.17) is 17.7 Å². The largest absolute Gasteiger partial charge is 0.494 e. The highest BCUT2D eigenvalue weighted by Gasteiger charge is 2.37. The van der Waals surface area contributed by atoms with E-state index < -0.39 is 31.2 Å². The van der Waals surface area contributed by atoms with E-state index in [1.807, 2.05) is 24.3 Å². The predicted octanol–water partition coefficient (Wildman–Crippen LogP) is 12.0. The number of unbranched alkanes of at least 4 members (excludes halogenated alkanes) is 5. The molecule has 0 aromatic heterocycles. The van der Waals surface area contributed by atoms with Crippen molar-refractivity contribution in [3.63, 3.8) is 0 Å². The van der Waals surface area contributed by atoms with Gasteiger partial charge in [0.15, 0.2) is 16.6 Å². The van der Waals surface area contributed by atoms with Crippen molar-refractivity contribution in [2.24, 2.45) is 5.92 Å². The van der Waals surface area contributed by atoms with Gasteiger partial charge in [0.2, 0.25) is 0 Å². The summed E-state index contributed by atoms with van der Waals surface area (Å²) < 4.78 is 24.5. The summed E-state index contributed by atoms with van der Waals surface area (Å²) in [6.45, 7) is 20.6. The van der Waals surface area contributed by atoms with E-state index in [1.165, 1.54) is 6.42 Å². The molecule has 0 bridgehead atoms. The Kier molecular flexibility index (Phi) is 16.3. The van der Waals surface area contributed by atoms with Gasteiger partial charge in [0.05, 0.1) is 17.1 Å². The standard InChI is InChI=1S/C40H61NO7Si3/c1-10-11-14-17-32(2)30-36-19-18-35(31-39(36)41(43)44)33-20-26-38(27-21-33)46-40(42)34-22-24-37(25-23-34)45-28-15-12-13-16-29-50(6,7)48-51(8,9)47-49(3,4)5/h18-27,31-32H,10-17,28-30H2,1-9H3. The lowest BCUT2D eigenvalue weighted by molar-refractivity contribution is -0.385. The van der Waals surface area contributed by atoms with E-state index in [9.17, 15) is 14.9 Å². The maximum Gasteiger partial charge on any atom is 0.343 e. The van der Waals surface area contributed by atoms with Crippen LogP contribution in [0.3, 0.4) is 0 Å². The third-order valence-electron chi connectivity index (χ3n) is 8.66. The van der Waals surface area contributed by atoms with Gasteiger partial charge in [-0.1, -0.05) is 83.1 Å². The quantitative estimate of drug-likeness (QED) is 0.0252. The molecule has 8 nitrogen and oxygen atoms in total. The smallest absolute Gasteiger partial charge is 0.343 e. The Hall–Kier alpha value is -3.10. The number of carbonyl (C=O) groups is 1. The van der Waals surface area contributed by atoms with Gasteiger partial charge in [-0.2, -0.15) is 0 Å². The Labute approximate surface area is 309 Å². The third-order valence-corrected chi connectivity index (χ3v) is 18.8. The summed E-state index contributed by atoms with van der Waals surface area (Å²) >= 11 is 0.